The SMILES string of the molecule is C=CCS(=O)Oc1ccc(Cl)cc1. The van der Waals surface area contributed by atoms with E-state index in [1.54, 1.807) is 30.3 Å². The van der Waals surface area contributed by atoms with Crippen LogP contribution < -0.4 is 4.18 Å². The molecule has 0 fully saturated rings. The molecule has 0 aliphatic heterocycles. The topological polar surface area (TPSA) is 26.3 Å². The van der Waals surface area contributed by atoms with E-state index in [0.29, 0.717) is 16.5 Å². The maximum absolute atomic E-state index is 11.1. The standard InChI is InChI=1S/C9H9ClO2S/c1-2-7-13(11)12-9-5-3-8(10)4-6-9/h2-6H,1,7H2. The van der Waals surface area contributed by atoms with Crippen molar-refractivity contribution < 1.29 is 8.39 Å². The molecule has 0 aromatic heterocycles. The smallest absolute Gasteiger partial charge is 0.210 e. The fraction of sp³-hybridized carbons (Fsp3) is 0.111. The van der Waals surface area contributed by atoms with E-state index in [4.69, 9.17) is 15.8 Å². The van der Waals surface area contributed by atoms with Gasteiger partial charge >= 0.3 is 0 Å². The third-order valence-electron chi connectivity index (χ3n) is 1.26. The maximum atomic E-state index is 11.1. The van der Waals surface area contributed by atoms with Crippen LogP contribution in [0.4, 0.5) is 0 Å². The van der Waals surface area contributed by atoms with Gasteiger partial charge in [0.05, 0.1) is 5.75 Å². The summed E-state index contributed by atoms with van der Waals surface area (Å²) in [5.41, 5.74) is 0. The number of benzene rings is 1. The van der Waals surface area contributed by atoms with E-state index in [1.807, 2.05) is 0 Å². The van der Waals surface area contributed by atoms with Crippen molar-refractivity contribution in [3.63, 3.8) is 0 Å². The third-order valence-corrected chi connectivity index (χ3v) is 2.39. The van der Waals surface area contributed by atoms with Crippen LogP contribution in [0.15, 0.2) is 36.9 Å². The highest BCUT2D eigenvalue weighted by Gasteiger charge is 1.99. The Kier molecular flexibility index (Phi) is 3.99. The van der Waals surface area contributed by atoms with Crippen molar-refractivity contribution in [2.45, 2.75) is 0 Å². The highest BCUT2D eigenvalue weighted by Crippen LogP contribution is 2.16. The zero-order valence-electron chi connectivity index (χ0n) is 6.90. The first-order valence-electron chi connectivity index (χ1n) is 3.65. The first-order valence-corrected chi connectivity index (χ1v) is 5.27. The lowest BCUT2D eigenvalue weighted by Crippen LogP contribution is -2.02. The van der Waals surface area contributed by atoms with Crippen LogP contribution >= 0.6 is 11.6 Å². The van der Waals surface area contributed by atoms with Gasteiger partial charge in [0.1, 0.15) is 5.75 Å². The van der Waals surface area contributed by atoms with Gasteiger partial charge in [-0.2, -0.15) is 0 Å². The second-order valence-electron chi connectivity index (χ2n) is 2.30. The molecule has 1 unspecified atom stereocenters. The second-order valence-corrected chi connectivity index (χ2v) is 3.84. The van der Waals surface area contributed by atoms with Gasteiger partial charge in [-0.3, -0.25) is 0 Å². The Morgan fingerprint density at radius 2 is 2.08 bits per heavy atom. The second kappa shape index (κ2) is 5.04. The van der Waals surface area contributed by atoms with E-state index in [2.05, 4.69) is 6.58 Å². The van der Waals surface area contributed by atoms with Crippen molar-refractivity contribution in [2.75, 3.05) is 5.75 Å². The monoisotopic (exact) mass is 216 g/mol. The highest BCUT2D eigenvalue weighted by molar-refractivity contribution is 7.80. The zero-order valence-corrected chi connectivity index (χ0v) is 8.48. The average molecular weight is 217 g/mol. The van der Waals surface area contributed by atoms with Crippen molar-refractivity contribution in [1.29, 1.82) is 0 Å². The lowest BCUT2D eigenvalue weighted by Gasteiger charge is -2.01. The molecule has 0 radical (unpaired) electrons. The van der Waals surface area contributed by atoms with Crippen molar-refractivity contribution >= 4 is 22.7 Å². The molecule has 1 rings (SSSR count). The molecule has 0 aliphatic rings. The van der Waals surface area contributed by atoms with Crippen molar-refractivity contribution in [1.82, 2.24) is 0 Å². The zero-order chi connectivity index (χ0) is 9.68. The maximum Gasteiger partial charge on any atom is 0.210 e. The number of hydrogen-bond acceptors (Lipinski definition) is 2. The molecule has 1 aromatic rings. The predicted molar refractivity (Wildman–Crippen MR) is 55.3 cm³/mol. The summed E-state index contributed by atoms with van der Waals surface area (Å²) in [4.78, 5) is 0. The molecule has 0 amide bonds. The molecule has 1 atom stereocenters. The van der Waals surface area contributed by atoms with Gasteiger partial charge in [0.2, 0.25) is 11.1 Å². The van der Waals surface area contributed by atoms with Crippen LogP contribution in [0, 0.1) is 0 Å². The fourth-order valence-electron chi connectivity index (χ4n) is 0.728. The van der Waals surface area contributed by atoms with E-state index < -0.39 is 11.1 Å². The van der Waals surface area contributed by atoms with Crippen LogP contribution in [0.3, 0.4) is 0 Å². The lowest BCUT2D eigenvalue weighted by molar-refractivity contribution is 0.565. The van der Waals surface area contributed by atoms with E-state index in [-0.39, 0.29) is 0 Å². The molecule has 2 nitrogen and oxygen atoms in total. The van der Waals surface area contributed by atoms with Gasteiger partial charge in [0, 0.05) is 5.02 Å². The summed E-state index contributed by atoms with van der Waals surface area (Å²) in [5, 5.41) is 0.627. The Morgan fingerprint density at radius 1 is 1.46 bits per heavy atom. The van der Waals surface area contributed by atoms with Crippen molar-refractivity contribution in [3.8, 4) is 5.75 Å². The molecule has 0 saturated carbocycles. The first kappa shape index (κ1) is 10.3. The molecule has 0 bridgehead atoms. The number of hydrogen-bond donors (Lipinski definition) is 0. The average Bonchev–Trinajstić information content (AvgIpc) is 2.09. The summed E-state index contributed by atoms with van der Waals surface area (Å²) >= 11 is 4.32. The first-order chi connectivity index (χ1) is 6.22. The Hall–Kier alpha value is -0.800. The minimum absolute atomic E-state index is 0.322. The van der Waals surface area contributed by atoms with Crippen LogP contribution in [-0.4, -0.2) is 9.96 Å². The quantitative estimate of drug-likeness (QED) is 0.724. The van der Waals surface area contributed by atoms with Crippen molar-refractivity contribution in [3.05, 3.63) is 41.9 Å². The van der Waals surface area contributed by atoms with Crippen LogP contribution in [-0.2, 0) is 11.1 Å². The summed E-state index contributed by atoms with van der Waals surface area (Å²) in [6, 6.07) is 6.71. The molecule has 13 heavy (non-hydrogen) atoms. The molecular weight excluding hydrogens is 208 g/mol. The summed E-state index contributed by atoms with van der Waals surface area (Å²) in [6.07, 6.45) is 1.55. The lowest BCUT2D eigenvalue weighted by atomic mass is 10.3. The van der Waals surface area contributed by atoms with E-state index in [9.17, 15) is 4.21 Å². The highest BCUT2D eigenvalue weighted by atomic mass is 35.5. The van der Waals surface area contributed by atoms with E-state index in [0.717, 1.165) is 0 Å². The van der Waals surface area contributed by atoms with Gasteiger partial charge in [-0.25, -0.2) is 4.21 Å². The molecule has 1 aromatic carbocycles. The van der Waals surface area contributed by atoms with Crippen LogP contribution in [0.25, 0.3) is 0 Å². The Labute approximate surface area is 84.8 Å². The van der Waals surface area contributed by atoms with Crippen LogP contribution in [0.5, 0.6) is 5.75 Å². The van der Waals surface area contributed by atoms with Gasteiger partial charge in [0.25, 0.3) is 0 Å². The van der Waals surface area contributed by atoms with Gasteiger partial charge in [-0.05, 0) is 24.3 Å². The molecule has 0 heterocycles. The van der Waals surface area contributed by atoms with E-state index in [1.165, 1.54) is 0 Å². The third kappa shape index (κ3) is 3.61. The summed E-state index contributed by atoms with van der Waals surface area (Å²) in [6.45, 7) is 3.46. The number of halogens is 1. The summed E-state index contributed by atoms with van der Waals surface area (Å²) < 4.78 is 16.1. The van der Waals surface area contributed by atoms with E-state index >= 15 is 0 Å². The molecule has 0 aliphatic carbocycles. The Balaban J connectivity index is 2.59. The van der Waals surface area contributed by atoms with Crippen LogP contribution in [0.1, 0.15) is 0 Å². The van der Waals surface area contributed by atoms with Gasteiger partial charge in [0.15, 0.2) is 0 Å². The van der Waals surface area contributed by atoms with Gasteiger partial charge in [-0.1, -0.05) is 17.7 Å². The van der Waals surface area contributed by atoms with Crippen molar-refractivity contribution in [2.24, 2.45) is 0 Å². The van der Waals surface area contributed by atoms with Gasteiger partial charge < -0.3 is 4.18 Å². The molecule has 70 valence electrons. The normalized spacial score (nSPS) is 12.1. The minimum atomic E-state index is -1.34. The largest absolute Gasteiger partial charge is 0.400 e. The summed E-state index contributed by atoms with van der Waals surface area (Å²) in [5.74, 6) is 0.868. The number of rotatable bonds is 4. The predicted octanol–water partition coefficient (Wildman–Crippen LogP) is 2.57. The fourth-order valence-corrected chi connectivity index (χ4v) is 1.44. The van der Waals surface area contributed by atoms with Gasteiger partial charge in [-0.15, -0.1) is 6.58 Å². The molecule has 0 N–H and O–H groups in total. The molecule has 4 heteroatoms. The Morgan fingerprint density at radius 3 is 2.62 bits per heavy atom. The molecule has 0 spiro atoms. The molecular formula is C9H9ClO2S. The Bertz CT molecular complexity index is 308. The minimum Gasteiger partial charge on any atom is -0.400 e. The van der Waals surface area contributed by atoms with Crippen LogP contribution in [0.2, 0.25) is 5.02 Å². The summed E-state index contributed by atoms with van der Waals surface area (Å²) in [7, 11) is 0. The molecule has 0 saturated heterocycles.